The smallest absolute Gasteiger partial charge is 0.255 e. The van der Waals surface area contributed by atoms with Gasteiger partial charge in [0.1, 0.15) is 5.75 Å². The Bertz CT molecular complexity index is 1060. The molecule has 0 spiro atoms. The zero-order chi connectivity index (χ0) is 20.2. The molecule has 0 aliphatic carbocycles. The maximum absolute atomic E-state index is 12.7. The first-order chi connectivity index (χ1) is 14.1. The Morgan fingerprint density at radius 2 is 1.93 bits per heavy atom. The summed E-state index contributed by atoms with van der Waals surface area (Å²) in [5.41, 5.74) is 1.25. The Morgan fingerprint density at radius 3 is 2.66 bits per heavy atom. The second-order valence-electron chi connectivity index (χ2n) is 7.01. The van der Waals surface area contributed by atoms with Crippen LogP contribution in [0.2, 0.25) is 0 Å². The van der Waals surface area contributed by atoms with Crippen LogP contribution in [0.1, 0.15) is 34.8 Å². The van der Waals surface area contributed by atoms with Crippen LogP contribution < -0.4 is 10.3 Å². The number of ether oxygens (including phenoxy) is 1. The summed E-state index contributed by atoms with van der Waals surface area (Å²) in [4.78, 5) is 38.9. The van der Waals surface area contributed by atoms with E-state index in [4.69, 9.17) is 4.74 Å². The largest absolute Gasteiger partial charge is 0.436 e. The second kappa shape index (κ2) is 8.22. The highest BCUT2D eigenvalue weighted by atomic mass is 16.5. The lowest BCUT2D eigenvalue weighted by molar-refractivity contribution is 0.0711. The van der Waals surface area contributed by atoms with Gasteiger partial charge in [-0.05, 0) is 31.0 Å². The van der Waals surface area contributed by atoms with Crippen LogP contribution in [0.5, 0.6) is 11.6 Å². The number of pyridine rings is 2. The van der Waals surface area contributed by atoms with Crippen LogP contribution >= 0.6 is 0 Å². The molecule has 3 aromatic rings. The molecule has 0 aromatic carbocycles. The van der Waals surface area contributed by atoms with Gasteiger partial charge >= 0.3 is 0 Å². The normalized spacial score (nSPS) is 14.6. The summed E-state index contributed by atoms with van der Waals surface area (Å²) in [7, 11) is 1.64. The molecule has 0 unspecified atom stereocenters. The minimum absolute atomic E-state index is 0.0567. The van der Waals surface area contributed by atoms with E-state index in [9.17, 15) is 9.59 Å². The zero-order valence-electron chi connectivity index (χ0n) is 16.1. The third-order valence-electron chi connectivity index (χ3n) is 5.02. The number of amides is 1. The fourth-order valence-electron chi connectivity index (χ4n) is 3.42. The summed E-state index contributed by atoms with van der Waals surface area (Å²) in [5, 5.41) is 0. The molecule has 1 aliphatic rings. The highest BCUT2D eigenvalue weighted by Gasteiger charge is 2.26. The zero-order valence-corrected chi connectivity index (χ0v) is 16.1. The van der Waals surface area contributed by atoms with Crippen molar-refractivity contribution in [2.45, 2.75) is 18.8 Å². The molecule has 4 rings (SSSR count). The first-order valence-corrected chi connectivity index (χ1v) is 9.46. The van der Waals surface area contributed by atoms with Crippen LogP contribution in [0.25, 0.3) is 0 Å². The van der Waals surface area contributed by atoms with E-state index < -0.39 is 0 Å². The molecule has 4 heterocycles. The first-order valence-electron chi connectivity index (χ1n) is 9.46. The van der Waals surface area contributed by atoms with Gasteiger partial charge in [-0.1, -0.05) is 0 Å². The molecule has 1 aliphatic heterocycles. The third-order valence-corrected chi connectivity index (χ3v) is 5.02. The van der Waals surface area contributed by atoms with Crippen LogP contribution in [0.15, 0.2) is 60.0 Å². The predicted octanol–water partition coefficient (Wildman–Crippen LogP) is 2.38. The number of nitrogens with zero attached hydrogens (tertiary/aromatic N) is 5. The van der Waals surface area contributed by atoms with E-state index in [2.05, 4.69) is 15.0 Å². The summed E-state index contributed by atoms with van der Waals surface area (Å²) in [6, 6.07) is 6.61. The van der Waals surface area contributed by atoms with Gasteiger partial charge in [-0.15, -0.1) is 0 Å². The molecule has 1 fully saturated rings. The topological polar surface area (TPSA) is 90.2 Å². The highest BCUT2D eigenvalue weighted by Crippen LogP contribution is 2.28. The molecule has 0 atom stereocenters. The lowest BCUT2D eigenvalue weighted by Gasteiger charge is -2.31. The molecule has 0 bridgehead atoms. The van der Waals surface area contributed by atoms with Gasteiger partial charge in [0, 0.05) is 50.7 Å². The van der Waals surface area contributed by atoms with Crippen molar-refractivity contribution in [3.8, 4) is 11.6 Å². The van der Waals surface area contributed by atoms with Crippen molar-refractivity contribution in [2.75, 3.05) is 13.1 Å². The standard InChI is InChI=1S/C21H21N5O3/c1-25-14-16(4-5-20(25)27)21(28)26-9-6-15(7-10-26)18-12-23-13-19(24-18)29-17-3-2-8-22-11-17/h2-5,8,11-15H,6-7,9-10H2,1H3. The minimum atomic E-state index is -0.132. The molecule has 0 saturated carbocycles. The average molecular weight is 391 g/mol. The van der Waals surface area contributed by atoms with Crippen molar-refractivity contribution in [1.82, 2.24) is 24.4 Å². The Kier molecular flexibility index (Phi) is 5.33. The van der Waals surface area contributed by atoms with E-state index in [-0.39, 0.29) is 17.4 Å². The van der Waals surface area contributed by atoms with Gasteiger partial charge in [0.15, 0.2) is 0 Å². The molecular weight excluding hydrogens is 370 g/mol. The maximum Gasteiger partial charge on any atom is 0.255 e. The molecule has 1 saturated heterocycles. The van der Waals surface area contributed by atoms with E-state index in [1.165, 1.54) is 10.6 Å². The highest BCUT2D eigenvalue weighted by molar-refractivity contribution is 5.94. The van der Waals surface area contributed by atoms with Gasteiger partial charge < -0.3 is 14.2 Å². The third kappa shape index (κ3) is 4.31. The van der Waals surface area contributed by atoms with E-state index in [0.717, 1.165) is 18.5 Å². The van der Waals surface area contributed by atoms with E-state index in [0.29, 0.717) is 30.3 Å². The summed E-state index contributed by atoms with van der Waals surface area (Å²) < 4.78 is 7.14. The van der Waals surface area contributed by atoms with E-state index in [1.807, 2.05) is 11.0 Å². The van der Waals surface area contributed by atoms with Crippen molar-refractivity contribution in [3.63, 3.8) is 0 Å². The summed E-state index contributed by atoms with van der Waals surface area (Å²) in [5.74, 6) is 1.19. The molecule has 29 heavy (non-hydrogen) atoms. The molecule has 3 aromatic heterocycles. The molecule has 8 nitrogen and oxygen atoms in total. The van der Waals surface area contributed by atoms with Crippen LogP contribution in [0, 0.1) is 0 Å². The van der Waals surface area contributed by atoms with Gasteiger partial charge in [0.2, 0.25) is 11.4 Å². The van der Waals surface area contributed by atoms with Gasteiger partial charge in [0.25, 0.3) is 5.91 Å². The van der Waals surface area contributed by atoms with E-state index in [1.54, 1.807) is 50.2 Å². The van der Waals surface area contributed by atoms with Crippen molar-refractivity contribution < 1.29 is 9.53 Å². The number of carbonyl (C=O) groups excluding carboxylic acids is 1. The number of carbonyl (C=O) groups is 1. The number of likely N-dealkylation sites (tertiary alicyclic amines) is 1. The molecule has 1 amide bonds. The van der Waals surface area contributed by atoms with Crippen molar-refractivity contribution in [1.29, 1.82) is 0 Å². The average Bonchev–Trinajstić information content (AvgIpc) is 2.76. The first kappa shape index (κ1) is 18.8. The predicted molar refractivity (Wildman–Crippen MR) is 106 cm³/mol. The number of hydrogen-bond acceptors (Lipinski definition) is 6. The quantitative estimate of drug-likeness (QED) is 0.678. The summed E-state index contributed by atoms with van der Waals surface area (Å²) in [6.45, 7) is 1.25. The lowest BCUT2D eigenvalue weighted by Crippen LogP contribution is -2.38. The fraction of sp³-hybridized carbons (Fsp3) is 0.286. The van der Waals surface area contributed by atoms with Gasteiger partial charge in [-0.25, -0.2) is 4.98 Å². The summed E-state index contributed by atoms with van der Waals surface area (Å²) >= 11 is 0. The van der Waals surface area contributed by atoms with Crippen molar-refractivity contribution >= 4 is 5.91 Å². The van der Waals surface area contributed by atoms with Crippen LogP contribution in [0.4, 0.5) is 0 Å². The van der Waals surface area contributed by atoms with Crippen LogP contribution in [0.3, 0.4) is 0 Å². The van der Waals surface area contributed by atoms with Crippen LogP contribution in [-0.4, -0.2) is 43.4 Å². The fourth-order valence-corrected chi connectivity index (χ4v) is 3.42. The van der Waals surface area contributed by atoms with Gasteiger partial charge in [0.05, 0.1) is 23.7 Å². The second-order valence-corrected chi connectivity index (χ2v) is 7.01. The molecule has 0 radical (unpaired) electrons. The SMILES string of the molecule is Cn1cc(C(=O)N2CCC(c3cncc(Oc4cccnc4)n3)CC2)ccc1=O. The van der Waals surface area contributed by atoms with Gasteiger partial charge in [-0.3, -0.25) is 19.6 Å². The van der Waals surface area contributed by atoms with Crippen molar-refractivity contribution in [3.05, 3.63) is 76.9 Å². The maximum atomic E-state index is 12.7. The lowest BCUT2D eigenvalue weighted by atomic mass is 9.93. The number of piperidine rings is 1. The Morgan fingerprint density at radius 1 is 1.10 bits per heavy atom. The van der Waals surface area contributed by atoms with E-state index >= 15 is 0 Å². The number of aromatic nitrogens is 4. The molecule has 148 valence electrons. The molecular formula is C21H21N5O3. The van der Waals surface area contributed by atoms with Gasteiger partial charge in [-0.2, -0.15) is 0 Å². The van der Waals surface area contributed by atoms with Crippen molar-refractivity contribution in [2.24, 2.45) is 7.05 Å². The number of rotatable bonds is 4. The molecule has 0 N–H and O–H groups in total. The minimum Gasteiger partial charge on any atom is -0.436 e. The number of hydrogen-bond donors (Lipinski definition) is 0. The Balaban J connectivity index is 1.40. The molecule has 8 heteroatoms. The Labute approximate surface area is 167 Å². The monoisotopic (exact) mass is 391 g/mol. The number of aryl methyl sites for hydroxylation is 1. The van der Waals surface area contributed by atoms with Crippen LogP contribution in [-0.2, 0) is 7.05 Å². The summed E-state index contributed by atoms with van der Waals surface area (Å²) in [6.07, 6.45) is 9.81. The Hall–Kier alpha value is -3.55.